The van der Waals surface area contributed by atoms with E-state index in [4.69, 9.17) is 5.73 Å². The summed E-state index contributed by atoms with van der Waals surface area (Å²) in [7, 11) is 0. The molecule has 0 saturated carbocycles. The minimum atomic E-state index is -0.727. The molecule has 1 rings (SSSR count). The molecule has 0 unspecified atom stereocenters. The van der Waals surface area contributed by atoms with E-state index in [1.165, 1.54) is 12.1 Å². The van der Waals surface area contributed by atoms with Gasteiger partial charge in [0.1, 0.15) is 0 Å². The van der Waals surface area contributed by atoms with Gasteiger partial charge in [-0.25, -0.2) is 0 Å². The van der Waals surface area contributed by atoms with Crippen molar-refractivity contribution in [2.45, 2.75) is 19.4 Å². The largest absolute Gasteiger partial charge is 0.388 e. The fourth-order valence-corrected chi connectivity index (χ4v) is 1.41. The number of aliphatic hydroxyl groups is 1. The van der Waals surface area contributed by atoms with E-state index in [1.807, 2.05) is 0 Å². The summed E-state index contributed by atoms with van der Waals surface area (Å²) in [5, 5.41) is 20.2. The van der Waals surface area contributed by atoms with Gasteiger partial charge in [-0.05, 0) is 31.0 Å². The highest BCUT2D eigenvalue weighted by atomic mass is 16.6. The van der Waals surface area contributed by atoms with Gasteiger partial charge in [0.15, 0.2) is 0 Å². The van der Waals surface area contributed by atoms with Gasteiger partial charge in [0, 0.05) is 12.1 Å². The van der Waals surface area contributed by atoms with E-state index in [0.717, 1.165) is 5.56 Å². The summed E-state index contributed by atoms with van der Waals surface area (Å²) >= 11 is 0. The molecule has 0 aliphatic carbocycles. The SMILES string of the molecule is Cc1ccc([N+](=O)[O-])cc1[C@H](O)CCN. The number of aliphatic hydroxyl groups excluding tert-OH is 1. The average molecular weight is 210 g/mol. The average Bonchev–Trinajstić information content (AvgIpc) is 2.18. The fraction of sp³-hybridized carbons (Fsp3) is 0.400. The van der Waals surface area contributed by atoms with Crippen LogP contribution >= 0.6 is 0 Å². The first kappa shape index (κ1) is 11.6. The number of rotatable bonds is 4. The first-order valence-electron chi connectivity index (χ1n) is 4.69. The maximum absolute atomic E-state index is 10.5. The zero-order valence-corrected chi connectivity index (χ0v) is 8.51. The number of hydrogen-bond acceptors (Lipinski definition) is 4. The Hall–Kier alpha value is -1.46. The maximum Gasteiger partial charge on any atom is 0.269 e. The van der Waals surface area contributed by atoms with Gasteiger partial charge in [-0.15, -0.1) is 0 Å². The lowest BCUT2D eigenvalue weighted by molar-refractivity contribution is -0.385. The van der Waals surface area contributed by atoms with Crippen LogP contribution in [0.1, 0.15) is 23.7 Å². The van der Waals surface area contributed by atoms with Crippen LogP contribution in [-0.4, -0.2) is 16.6 Å². The van der Waals surface area contributed by atoms with Crippen molar-refractivity contribution in [3.63, 3.8) is 0 Å². The number of hydrogen-bond donors (Lipinski definition) is 2. The van der Waals surface area contributed by atoms with Gasteiger partial charge in [-0.2, -0.15) is 0 Å². The number of benzene rings is 1. The van der Waals surface area contributed by atoms with Crippen LogP contribution in [0, 0.1) is 17.0 Å². The highest BCUT2D eigenvalue weighted by Gasteiger charge is 2.14. The molecule has 1 aromatic carbocycles. The number of nitrogens with zero attached hydrogens (tertiary/aromatic N) is 1. The third-order valence-electron chi connectivity index (χ3n) is 2.27. The lowest BCUT2D eigenvalue weighted by atomic mass is 10.0. The molecular weight excluding hydrogens is 196 g/mol. The Morgan fingerprint density at radius 2 is 2.27 bits per heavy atom. The van der Waals surface area contributed by atoms with Crippen LogP contribution in [0.3, 0.4) is 0 Å². The third kappa shape index (κ3) is 2.74. The van der Waals surface area contributed by atoms with E-state index >= 15 is 0 Å². The summed E-state index contributed by atoms with van der Waals surface area (Å²) in [6.07, 6.45) is -0.322. The van der Waals surface area contributed by atoms with Crippen molar-refractivity contribution in [2.75, 3.05) is 6.54 Å². The van der Waals surface area contributed by atoms with Gasteiger partial charge in [0.05, 0.1) is 11.0 Å². The second-order valence-electron chi connectivity index (χ2n) is 3.39. The van der Waals surface area contributed by atoms with Crippen molar-refractivity contribution in [3.05, 3.63) is 39.4 Å². The van der Waals surface area contributed by atoms with Gasteiger partial charge in [0.25, 0.3) is 5.69 Å². The summed E-state index contributed by atoms with van der Waals surface area (Å²) in [5.41, 5.74) is 6.73. The quantitative estimate of drug-likeness (QED) is 0.578. The topological polar surface area (TPSA) is 89.4 Å². The number of nitro benzene ring substituents is 1. The zero-order valence-electron chi connectivity index (χ0n) is 8.51. The predicted molar refractivity (Wildman–Crippen MR) is 56.5 cm³/mol. The fourth-order valence-electron chi connectivity index (χ4n) is 1.41. The van der Waals surface area contributed by atoms with E-state index in [2.05, 4.69) is 0 Å². The molecule has 5 nitrogen and oxygen atoms in total. The van der Waals surface area contributed by atoms with Gasteiger partial charge < -0.3 is 10.8 Å². The Kier molecular flexibility index (Phi) is 3.76. The predicted octanol–water partition coefficient (Wildman–Crippen LogP) is 1.29. The molecule has 0 aliphatic heterocycles. The normalized spacial score (nSPS) is 12.5. The molecule has 82 valence electrons. The molecule has 1 atom stereocenters. The van der Waals surface area contributed by atoms with Gasteiger partial charge in [0.2, 0.25) is 0 Å². The minimum absolute atomic E-state index is 0.00771. The molecule has 0 heterocycles. The highest BCUT2D eigenvalue weighted by Crippen LogP contribution is 2.24. The van der Waals surface area contributed by atoms with Crippen molar-refractivity contribution in [1.29, 1.82) is 0 Å². The van der Waals surface area contributed by atoms with Crippen LogP contribution < -0.4 is 5.73 Å². The van der Waals surface area contributed by atoms with Crippen molar-refractivity contribution < 1.29 is 10.0 Å². The molecule has 0 radical (unpaired) electrons. The second kappa shape index (κ2) is 4.86. The van der Waals surface area contributed by atoms with Gasteiger partial charge in [-0.3, -0.25) is 10.1 Å². The van der Waals surface area contributed by atoms with Crippen molar-refractivity contribution in [2.24, 2.45) is 5.73 Å². The van der Waals surface area contributed by atoms with Crippen LogP contribution in [-0.2, 0) is 0 Å². The Balaban J connectivity index is 3.04. The Bertz CT molecular complexity index is 366. The van der Waals surface area contributed by atoms with E-state index in [9.17, 15) is 15.2 Å². The molecule has 5 heteroatoms. The van der Waals surface area contributed by atoms with Crippen LogP contribution in [0.15, 0.2) is 18.2 Å². The Morgan fingerprint density at radius 3 is 2.80 bits per heavy atom. The summed E-state index contributed by atoms with van der Waals surface area (Å²) in [6.45, 7) is 2.15. The number of nitrogens with two attached hydrogens (primary N) is 1. The van der Waals surface area contributed by atoms with E-state index < -0.39 is 11.0 Å². The molecule has 3 N–H and O–H groups in total. The molecule has 0 spiro atoms. The van der Waals surface area contributed by atoms with Crippen molar-refractivity contribution >= 4 is 5.69 Å². The minimum Gasteiger partial charge on any atom is -0.388 e. The van der Waals surface area contributed by atoms with Gasteiger partial charge >= 0.3 is 0 Å². The van der Waals surface area contributed by atoms with Gasteiger partial charge in [-0.1, -0.05) is 6.07 Å². The zero-order chi connectivity index (χ0) is 11.4. The smallest absolute Gasteiger partial charge is 0.269 e. The summed E-state index contributed by atoms with van der Waals surface area (Å²) in [4.78, 5) is 10.1. The molecule has 1 aromatic rings. The van der Waals surface area contributed by atoms with Crippen molar-refractivity contribution in [1.82, 2.24) is 0 Å². The maximum atomic E-state index is 10.5. The van der Waals surface area contributed by atoms with E-state index in [1.54, 1.807) is 13.0 Å². The number of aryl methyl sites for hydroxylation is 1. The van der Waals surface area contributed by atoms with E-state index in [0.29, 0.717) is 18.5 Å². The molecule has 0 saturated heterocycles. The third-order valence-corrected chi connectivity index (χ3v) is 2.27. The summed E-state index contributed by atoms with van der Waals surface area (Å²) in [5.74, 6) is 0. The number of non-ortho nitro benzene ring substituents is 1. The summed E-state index contributed by atoms with van der Waals surface area (Å²) in [6, 6.07) is 4.46. The van der Waals surface area contributed by atoms with Crippen LogP contribution in [0.25, 0.3) is 0 Å². The van der Waals surface area contributed by atoms with Crippen LogP contribution in [0.5, 0.6) is 0 Å². The molecule has 0 fully saturated rings. The molecule has 0 bridgehead atoms. The van der Waals surface area contributed by atoms with Crippen LogP contribution in [0.4, 0.5) is 5.69 Å². The second-order valence-corrected chi connectivity index (χ2v) is 3.39. The molecule has 0 amide bonds. The molecule has 0 aromatic heterocycles. The highest BCUT2D eigenvalue weighted by molar-refractivity contribution is 5.40. The van der Waals surface area contributed by atoms with Crippen LogP contribution in [0.2, 0.25) is 0 Å². The first-order chi connectivity index (χ1) is 7.06. The van der Waals surface area contributed by atoms with E-state index in [-0.39, 0.29) is 5.69 Å². The molecule has 15 heavy (non-hydrogen) atoms. The Morgan fingerprint density at radius 1 is 1.60 bits per heavy atom. The lowest BCUT2D eigenvalue weighted by Crippen LogP contribution is -2.08. The Labute approximate surface area is 87.7 Å². The lowest BCUT2D eigenvalue weighted by Gasteiger charge is -2.12. The van der Waals surface area contributed by atoms with Crippen molar-refractivity contribution in [3.8, 4) is 0 Å². The monoisotopic (exact) mass is 210 g/mol. The standard InChI is InChI=1S/C10H14N2O3/c1-7-2-3-8(12(14)15)6-9(7)10(13)4-5-11/h2-3,6,10,13H,4-5,11H2,1H3/t10-/m1/s1. The molecular formula is C10H14N2O3. The first-order valence-corrected chi connectivity index (χ1v) is 4.69. The summed E-state index contributed by atoms with van der Waals surface area (Å²) < 4.78 is 0. The number of nitro groups is 1. The molecule has 0 aliphatic rings.